The quantitative estimate of drug-likeness (QED) is 0.701. The fourth-order valence-corrected chi connectivity index (χ4v) is 2.10. The minimum absolute atomic E-state index is 0.414. The summed E-state index contributed by atoms with van der Waals surface area (Å²) in [6.07, 6.45) is 2.74. The van der Waals surface area contributed by atoms with Crippen LogP contribution in [0.4, 0.5) is 5.69 Å². The van der Waals surface area contributed by atoms with Crippen molar-refractivity contribution in [3.8, 4) is 6.07 Å². The number of carbonyl (C=O) groups is 1. The van der Waals surface area contributed by atoms with Crippen molar-refractivity contribution < 1.29 is 9.90 Å². The van der Waals surface area contributed by atoms with E-state index in [1.165, 1.54) is 0 Å². The molecule has 0 unspecified atom stereocenters. The van der Waals surface area contributed by atoms with Gasteiger partial charge in [0.2, 0.25) is 0 Å². The van der Waals surface area contributed by atoms with Gasteiger partial charge in [0.1, 0.15) is 5.60 Å². The van der Waals surface area contributed by atoms with E-state index in [0.717, 1.165) is 12.8 Å². The number of nitriles is 1. The fourth-order valence-electron chi connectivity index (χ4n) is 2.10. The third-order valence-electron chi connectivity index (χ3n) is 3.17. The first-order chi connectivity index (χ1) is 8.64. The zero-order valence-corrected chi connectivity index (χ0v) is 9.94. The van der Waals surface area contributed by atoms with E-state index in [1.54, 1.807) is 24.3 Å². The van der Waals surface area contributed by atoms with Crippen molar-refractivity contribution in [2.75, 3.05) is 5.43 Å². The summed E-state index contributed by atoms with van der Waals surface area (Å²) >= 11 is 0. The zero-order valence-electron chi connectivity index (χ0n) is 9.94. The minimum atomic E-state index is -1.25. The summed E-state index contributed by atoms with van der Waals surface area (Å²) in [5, 5.41) is 18.8. The highest BCUT2D eigenvalue weighted by Gasteiger charge is 2.38. The van der Waals surface area contributed by atoms with Gasteiger partial charge >= 0.3 is 0 Å². The van der Waals surface area contributed by atoms with Crippen molar-refractivity contribution in [2.24, 2.45) is 0 Å². The van der Waals surface area contributed by atoms with Gasteiger partial charge in [-0.3, -0.25) is 15.6 Å². The molecule has 0 saturated heterocycles. The number of carbonyl (C=O) groups excluding carboxylic acids is 1. The highest BCUT2D eigenvalue weighted by Crippen LogP contribution is 2.29. The molecule has 0 spiro atoms. The summed E-state index contributed by atoms with van der Waals surface area (Å²) in [6, 6.07) is 8.77. The van der Waals surface area contributed by atoms with E-state index in [9.17, 15) is 9.90 Å². The van der Waals surface area contributed by atoms with Gasteiger partial charge < -0.3 is 5.11 Å². The lowest BCUT2D eigenvalue weighted by molar-refractivity contribution is -0.138. The van der Waals surface area contributed by atoms with Crippen molar-refractivity contribution in [1.29, 1.82) is 5.26 Å². The molecule has 1 amide bonds. The van der Waals surface area contributed by atoms with Crippen molar-refractivity contribution >= 4 is 11.6 Å². The predicted molar refractivity (Wildman–Crippen MR) is 66.3 cm³/mol. The van der Waals surface area contributed by atoms with Gasteiger partial charge in [-0.2, -0.15) is 5.26 Å². The lowest BCUT2D eigenvalue weighted by atomic mass is 10.0. The van der Waals surface area contributed by atoms with Crippen LogP contribution in [0, 0.1) is 11.3 Å². The first-order valence-electron chi connectivity index (χ1n) is 5.93. The summed E-state index contributed by atoms with van der Waals surface area (Å²) in [5.41, 5.74) is 5.07. The van der Waals surface area contributed by atoms with Gasteiger partial charge in [-0.05, 0) is 43.9 Å². The molecule has 2 rings (SSSR count). The Labute approximate surface area is 105 Å². The molecular formula is C13H15N3O2. The molecule has 0 aliphatic heterocycles. The highest BCUT2D eigenvalue weighted by atomic mass is 16.3. The Morgan fingerprint density at radius 3 is 2.78 bits per heavy atom. The number of anilines is 1. The molecule has 1 aliphatic carbocycles. The van der Waals surface area contributed by atoms with Crippen molar-refractivity contribution in [3.05, 3.63) is 29.8 Å². The summed E-state index contributed by atoms with van der Waals surface area (Å²) in [7, 11) is 0. The van der Waals surface area contributed by atoms with Gasteiger partial charge in [-0.15, -0.1) is 0 Å². The number of hydrogen-bond donors (Lipinski definition) is 3. The Kier molecular flexibility index (Phi) is 3.49. The number of nitrogens with one attached hydrogen (secondary N) is 2. The molecule has 94 valence electrons. The number of hydrogen-bond acceptors (Lipinski definition) is 4. The molecule has 1 saturated carbocycles. The largest absolute Gasteiger partial charge is 0.380 e. The second-order valence-electron chi connectivity index (χ2n) is 4.51. The zero-order chi connectivity index (χ0) is 13.0. The Hall–Kier alpha value is -2.06. The van der Waals surface area contributed by atoms with E-state index in [2.05, 4.69) is 10.9 Å². The summed E-state index contributed by atoms with van der Waals surface area (Å²) in [4.78, 5) is 11.8. The van der Waals surface area contributed by atoms with Crippen LogP contribution < -0.4 is 10.9 Å². The van der Waals surface area contributed by atoms with E-state index in [4.69, 9.17) is 5.26 Å². The number of rotatable bonds is 3. The molecule has 1 aromatic carbocycles. The van der Waals surface area contributed by atoms with E-state index >= 15 is 0 Å². The Balaban J connectivity index is 1.95. The van der Waals surface area contributed by atoms with Gasteiger partial charge in [-0.25, -0.2) is 0 Å². The molecule has 5 heteroatoms. The Morgan fingerprint density at radius 2 is 2.11 bits per heavy atom. The second-order valence-corrected chi connectivity index (χ2v) is 4.51. The average molecular weight is 245 g/mol. The molecule has 1 fully saturated rings. The predicted octanol–water partition coefficient (Wildman–Crippen LogP) is 1.31. The average Bonchev–Trinajstić information content (AvgIpc) is 2.84. The number of benzene rings is 1. The number of hydrazine groups is 1. The van der Waals surface area contributed by atoms with Crippen LogP contribution in [0.1, 0.15) is 31.2 Å². The fraction of sp³-hybridized carbons (Fsp3) is 0.385. The van der Waals surface area contributed by atoms with Crippen LogP contribution >= 0.6 is 0 Å². The summed E-state index contributed by atoms with van der Waals surface area (Å²) in [5.74, 6) is -0.414. The molecule has 0 radical (unpaired) electrons. The molecule has 1 aromatic rings. The molecule has 3 N–H and O–H groups in total. The van der Waals surface area contributed by atoms with Gasteiger partial charge in [0.05, 0.1) is 17.3 Å². The van der Waals surface area contributed by atoms with Crippen LogP contribution in [0.2, 0.25) is 0 Å². The first kappa shape index (κ1) is 12.4. The van der Waals surface area contributed by atoms with Crippen molar-refractivity contribution in [3.63, 3.8) is 0 Å². The third kappa shape index (κ3) is 2.60. The number of nitrogens with zero attached hydrogens (tertiary/aromatic N) is 1. The number of amides is 1. The first-order valence-corrected chi connectivity index (χ1v) is 5.93. The molecule has 0 bridgehead atoms. The van der Waals surface area contributed by atoms with Gasteiger partial charge in [0, 0.05) is 0 Å². The highest BCUT2D eigenvalue weighted by molar-refractivity contribution is 5.86. The van der Waals surface area contributed by atoms with Gasteiger partial charge in [0.25, 0.3) is 5.91 Å². The maximum absolute atomic E-state index is 11.8. The SMILES string of the molecule is N#Cc1cccc(NNC(=O)C2(O)CCCC2)c1. The van der Waals surface area contributed by atoms with Crippen LogP contribution in [0.15, 0.2) is 24.3 Å². The van der Waals surface area contributed by atoms with E-state index < -0.39 is 11.5 Å². The van der Waals surface area contributed by atoms with Crippen LogP contribution in [0.3, 0.4) is 0 Å². The topological polar surface area (TPSA) is 85.2 Å². The summed E-state index contributed by atoms with van der Waals surface area (Å²) < 4.78 is 0. The normalized spacial score (nSPS) is 16.9. The van der Waals surface area contributed by atoms with Crippen molar-refractivity contribution in [1.82, 2.24) is 5.43 Å². The van der Waals surface area contributed by atoms with E-state index in [0.29, 0.717) is 24.1 Å². The minimum Gasteiger partial charge on any atom is -0.380 e. The van der Waals surface area contributed by atoms with Crippen LogP contribution in [-0.4, -0.2) is 16.6 Å². The van der Waals surface area contributed by atoms with Crippen LogP contribution in [0.5, 0.6) is 0 Å². The smallest absolute Gasteiger partial charge is 0.270 e. The second kappa shape index (κ2) is 5.07. The monoisotopic (exact) mass is 245 g/mol. The lowest BCUT2D eigenvalue weighted by Crippen LogP contribution is -2.46. The lowest BCUT2D eigenvalue weighted by Gasteiger charge is -2.21. The molecule has 18 heavy (non-hydrogen) atoms. The van der Waals surface area contributed by atoms with E-state index in [-0.39, 0.29) is 0 Å². The molecule has 0 heterocycles. The standard InChI is InChI=1S/C13H15N3O2/c14-9-10-4-3-5-11(8-10)15-16-12(17)13(18)6-1-2-7-13/h3-5,8,15,18H,1-2,6-7H2,(H,16,17). The Bertz CT molecular complexity index is 487. The number of aliphatic hydroxyl groups is 1. The van der Waals surface area contributed by atoms with E-state index in [1.807, 2.05) is 6.07 Å². The molecule has 0 aromatic heterocycles. The summed E-state index contributed by atoms with van der Waals surface area (Å²) in [6.45, 7) is 0. The van der Waals surface area contributed by atoms with Crippen LogP contribution in [0.25, 0.3) is 0 Å². The Morgan fingerprint density at radius 1 is 1.39 bits per heavy atom. The maximum Gasteiger partial charge on any atom is 0.270 e. The molecular weight excluding hydrogens is 230 g/mol. The molecule has 0 atom stereocenters. The van der Waals surface area contributed by atoms with Crippen molar-refractivity contribution in [2.45, 2.75) is 31.3 Å². The molecule has 1 aliphatic rings. The van der Waals surface area contributed by atoms with Gasteiger partial charge in [0.15, 0.2) is 0 Å². The van der Waals surface area contributed by atoms with Crippen LogP contribution in [-0.2, 0) is 4.79 Å². The maximum atomic E-state index is 11.8. The van der Waals surface area contributed by atoms with Gasteiger partial charge in [-0.1, -0.05) is 6.07 Å². The molecule has 5 nitrogen and oxygen atoms in total. The third-order valence-corrected chi connectivity index (χ3v) is 3.17.